The van der Waals surface area contributed by atoms with Gasteiger partial charge in [0.25, 0.3) is 0 Å². The van der Waals surface area contributed by atoms with E-state index in [0.29, 0.717) is 18.1 Å². The average Bonchev–Trinajstić information content (AvgIpc) is 2.34. The Labute approximate surface area is 113 Å². The molecule has 0 saturated heterocycles. The first kappa shape index (κ1) is 15.0. The third kappa shape index (κ3) is 5.42. The van der Waals surface area contributed by atoms with Gasteiger partial charge in [-0.2, -0.15) is 0 Å². The van der Waals surface area contributed by atoms with Gasteiger partial charge in [-0.3, -0.25) is 0 Å². The first-order valence-corrected chi connectivity index (χ1v) is 6.07. The molecule has 1 aromatic rings. The minimum absolute atomic E-state index is 0.124. The fourth-order valence-corrected chi connectivity index (χ4v) is 1.51. The summed E-state index contributed by atoms with van der Waals surface area (Å²) in [5.41, 5.74) is 7.07. The fraction of sp³-hybridized carbons (Fsp3) is 0.429. The van der Waals surface area contributed by atoms with Crippen molar-refractivity contribution in [3.63, 3.8) is 0 Å². The molecule has 5 heteroatoms. The molecule has 3 N–H and O–H groups in total. The molecule has 1 aromatic carbocycles. The van der Waals surface area contributed by atoms with Gasteiger partial charge in [-0.05, 0) is 38.5 Å². The van der Waals surface area contributed by atoms with Crippen LogP contribution in [0.3, 0.4) is 0 Å². The highest BCUT2D eigenvalue weighted by molar-refractivity contribution is 5.89. The molecule has 19 heavy (non-hydrogen) atoms. The average molecular weight is 263 g/mol. The number of nitrogens with zero attached hydrogens (tertiary/aromatic N) is 1. The summed E-state index contributed by atoms with van der Waals surface area (Å²) in [6, 6.07) is 7.14. The monoisotopic (exact) mass is 263 g/mol. The molecule has 0 aliphatic rings. The van der Waals surface area contributed by atoms with E-state index in [-0.39, 0.29) is 11.5 Å². The van der Waals surface area contributed by atoms with Crippen molar-refractivity contribution >= 4 is 11.9 Å². The molecule has 0 fully saturated rings. The highest BCUT2D eigenvalue weighted by atomic mass is 16.5. The van der Waals surface area contributed by atoms with Gasteiger partial charge in [0.15, 0.2) is 5.96 Å². The zero-order valence-corrected chi connectivity index (χ0v) is 11.9. The molecule has 0 unspecified atom stereocenters. The number of guanidine groups is 1. The molecule has 0 aromatic heterocycles. The number of carbonyl (C=O) groups excluding carboxylic acids is 1. The van der Waals surface area contributed by atoms with Crippen LogP contribution in [0.5, 0.6) is 0 Å². The molecule has 104 valence electrons. The van der Waals surface area contributed by atoms with Gasteiger partial charge in [0.1, 0.15) is 0 Å². The quantitative estimate of drug-likeness (QED) is 0.494. The first-order valence-electron chi connectivity index (χ1n) is 6.07. The number of rotatable bonds is 3. The van der Waals surface area contributed by atoms with E-state index < -0.39 is 0 Å². The smallest absolute Gasteiger partial charge is 0.337 e. The van der Waals surface area contributed by atoms with Crippen LogP contribution in [0.1, 0.15) is 36.7 Å². The minimum Gasteiger partial charge on any atom is -0.465 e. The predicted octanol–water partition coefficient (Wildman–Crippen LogP) is 1.68. The zero-order chi connectivity index (χ0) is 14.5. The van der Waals surface area contributed by atoms with Crippen molar-refractivity contribution in [1.29, 1.82) is 0 Å². The number of benzene rings is 1. The van der Waals surface area contributed by atoms with E-state index in [1.807, 2.05) is 26.8 Å². The van der Waals surface area contributed by atoms with Gasteiger partial charge in [-0.25, -0.2) is 9.79 Å². The maximum atomic E-state index is 11.4. The Morgan fingerprint density at radius 1 is 1.42 bits per heavy atom. The molecule has 0 spiro atoms. The summed E-state index contributed by atoms with van der Waals surface area (Å²) in [7, 11) is 1.36. The molecular formula is C14H21N3O2. The fourth-order valence-electron chi connectivity index (χ4n) is 1.51. The SMILES string of the molecule is COC(=O)c1cccc(CN=C(N)NC(C)(C)C)c1. The van der Waals surface area contributed by atoms with E-state index in [2.05, 4.69) is 15.0 Å². The van der Waals surface area contributed by atoms with E-state index in [4.69, 9.17) is 5.73 Å². The number of methoxy groups -OCH3 is 1. The maximum Gasteiger partial charge on any atom is 0.337 e. The van der Waals surface area contributed by atoms with Crippen LogP contribution in [-0.2, 0) is 11.3 Å². The molecule has 1 rings (SSSR count). The number of esters is 1. The lowest BCUT2D eigenvalue weighted by atomic mass is 10.1. The van der Waals surface area contributed by atoms with Gasteiger partial charge in [0.05, 0.1) is 19.2 Å². The highest BCUT2D eigenvalue weighted by Crippen LogP contribution is 2.08. The van der Waals surface area contributed by atoms with E-state index >= 15 is 0 Å². The Morgan fingerprint density at radius 3 is 2.68 bits per heavy atom. The van der Waals surface area contributed by atoms with Crippen molar-refractivity contribution < 1.29 is 9.53 Å². The molecule has 0 saturated carbocycles. The molecule has 0 amide bonds. The molecule has 0 heterocycles. The van der Waals surface area contributed by atoms with Gasteiger partial charge >= 0.3 is 5.97 Å². The van der Waals surface area contributed by atoms with Crippen molar-refractivity contribution in [1.82, 2.24) is 5.32 Å². The van der Waals surface area contributed by atoms with E-state index in [1.54, 1.807) is 18.2 Å². The largest absolute Gasteiger partial charge is 0.465 e. The lowest BCUT2D eigenvalue weighted by Gasteiger charge is -2.21. The topological polar surface area (TPSA) is 76.7 Å². The summed E-state index contributed by atoms with van der Waals surface area (Å²) in [6.45, 7) is 6.44. The Bertz CT molecular complexity index is 476. The van der Waals surface area contributed by atoms with Gasteiger partial charge in [-0.1, -0.05) is 12.1 Å². The summed E-state index contributed by atoms with van der Waals surface area (Å²) in [4.78, 5) is 15.6. The maximum absolute atomic E-state index is 11.4. The number of aliphatic imine (C=N–C) groups is 1. The third-order valence-electron chi connectivity index (χ3n) is 2.28. The van der Waals surface area contributed by atoms with Crippen LogP contribution >= 0.6 is 0 Å². The van der Waals surface area contributed by atoms with Crippen LogP contribution in [0.2, 0.25) is 0 Å². The van der Waals surface area contributed by atoms with E-state index in [0.717, 1.165) is 5.56 Å². The van der Waals surface area contributed by atoms with Gasteiger partial charge in [0.2, 0.25) is 0 Å². The number of carbonyl (C=O) groups is 1. The van der Waals surface area contributed by atoms with Gasteiger partial charge in [0, 0.05) is 5.54 Å². The van der Waals surface area contributed by atoms with Crippen LogP contribution in [0.15, 0.2) is 29.3 Å². The molecular weight excluding hydrogens is 242 g/mol. The molecule has 0 atom stereocenters. The Morgan fingerprint density at radius 2 is 2.11 bits per heavy atom. The summed E-state index contributed by atoms with van der Waals surface area (Å²) in [5, 5.41) is 3.07. The number of hydrogen-bond donors (Lipinski definition) is 2. The van der Waals surface area contributed by atoms with Crippen molar-refractivity contribution in [2.24, 2.45) is 10.7 Å². The Hall–Kier alpha value is -2.04. The van der Waals surface area contributed by atoms with Crippen molar-refractivity contribution in [2.75, 3.05) is 7.11 Å². The standard InChI is InChI=1S/C14H21N3O2/c1-14(2,3)17-13(15)16-9-10-6-5-7-11(8-10)12(18)19-4/h5-8H,9H2,1-4H3,(H3,15,16,17). The lowest BCUT2D eigenvalue weighted by Crippen LogP contribution is -2.44. The van der Waals surface area contributed by atoms with Gasteiger partial charge in [-0.15, -0.1) is 0 Å². The molecule has 0 radical (unpaired) electrons. The summed E-state index contributed by atoms with van der Waals surface area (Å²) >= 11 is 0. The number of ether oxygens (including phenoxy) is 1. The second-order valence-electron chi connectivity index (χ2n) is 5.27. The predicted molar refractivity (Wildman–Crippen MR) is 76.0 cm³/mol. The van der Waals surface area contributed by atoms with Crippen LogP contribution < -0.4 is 11.1 Å². The normalized spacial score (nSPS) is 12.1. The minimum atomic E-state index is -0.355. The third-order valence-corrected chi connectivity index (χ3v) is 2.28. The second kappa shape index (κ2) is 6.22. The van der Waals surface area contributed by atoms with E-state index in [9.17, 15) is 4.79 Å². The Kier molecular flexibility index (Phi) is 4.92. The number of hydrogen-bond acceptors (Lipinski definition) is 3. The van der Waals surface area contributed by atoms with Crippen molar-refractivity contribution in [3.05, 3.63) is 35.4 Å². The van der Waals surface area contributed by atoms with Crippen molar-refractivity contribution in [2.45, 2.75) is 32.9 Å². The summed E-state index contributed by atoms with van der Waals surface area (Å²) in [5.74, 6) is 0.0302. The summed E-state index contributed by atoms with van der Waals surface area (Å²) in [6.07, 6.45) is 0. The second-order valence-corrected chi connectivity index (χ2v) is 5.27. The van der Waals surface area contributed by atoms with Gasteiger partial charge < -0.3 is 15.8 Å². The summed E-state index contributed by atoms with van der Waals surface area (Å²) < 4.78 is 4.67. The number of nitrogens with two attached hydrogens (primary N) is 1. The molecule has 0 aliphatic heterocycles. The van der Waals surface area contributed by atoms with E-state index in [1.165, 1.54) is 7.11 Å². The van der Waals surface area contributed by atoms with Crippen LogP contribution in [0, 0.1) is 0 Å². The highest BCUT2D eigenvalue weighted by Gasteiger charge is 2.10. The lowest BCUT2D eigenvalue weighted by molar-refractivity contribution is 0.0600. The van der Waals surface area contributed by atoms with Crippen molar-refractivity contribution in [3.8, 4) is 0 Å². The zero-order valence-electron chi connectivity index (χ0n) is 11.9. The van der Waals surface area contributed by atoms with Crippen LogP contribution in [0.4, 0.5) is 0 Å². The first-order chi connectivity index (χ1) is 8.81. The molecule has 0 bridgehead atoms. The van der Waals surface area contributed by atoms with Crippen LogP contribution in [0.25, 0.3) is 0 Å². The molecule has 0 aliphatic carbocycles. The number of nitrogens with one attached hydrogen (secondary N) is 1. The van der Waals surface area contributed by atoms with Crippen LogP contribution in [-0.4, -0.2) is 24.6 Å². The Balaban J connectivity index is 2.73. The molecule has 5 nitrogen and oxygen atoms in total.